The highest BCUT2D eigenvalue weighted by molar-refractivity contribution is 5.82. The zero-order valence-corrected chi connectivity index (χ0v) is 13.5. The fourth-order valence-corrected chi connectivity index (χ4v) is 3.14. The van der Waals surface area contributed by atoms with Gasteiger partial charge in [-0.1, -0.05) is 30.3 Å². The molecule has 5 nitrogen and oxygen atoms in total. The quantitative estimate of drug-likeness (QED) is 0.853. The normalized spacial score (nSPS) is 19.5. The maximum Gasteiger partial charge on any atom is 0.256 e. The predicted molar refractivity (Wildman–Crippen MR) is 87.9 cm³/mol. The molecular formula is C18H23N3O2. The summed E-state index contributed by atoms with van der Waals surface area (Å²) in [4.78, 5) is 14.9. The molecule has 0 radical (unpaired) electrons. The first-order chi connectivity index (χ1) is 11.3. The zero-order valence-electron chi connectivity index (χ0n) is 13.5. The predicted octanol–water partition coefficient (Wildman–Crippen LogP) is 2.82. The van der Waals surface area contributed by atoms with Gasteiger partial charge >= 0.3 is 0 Å². The minimum atomic E-state index is -0.516. The van der Waals surface area contributed by atoms with Gasteiger partial charge in [0.15, 0.2) is 6.10 Å². The van der Waals surface area contributed by atoms with E-state index in [1.165, 1.54) is 0 Å². The fourth-order valence-electron chi connectivity index (χ4n) is 3.14. The molecule has 1 amide bonds. The molecule has 2 aromatic rings. The standard InChI is InChI=1S/C18H23N3O2/c1-2-23-17(15-8-4-3-5-9-15)18(22)20-12-6-10-16(14-20)21-13-7-11-19-21/h3-5,7-9,11,13,16-17H,2,6,10,12,14H2,1H3. The van der Waals surface area contributed by atoms with E-state index in [1.54, 1.807) is 6.20 Å². The molecule has 0 bridgehead atoms. The van der Waals surface area contributed by atoms with Crippen LogP contribution in [0.15, 0.2) is 48.8 Å². The largest absolute Gasteiger partial charge is 0.364 e. The average molecular weight is 313 g/mol. The lowest BCUT2D eigenvalue weighted by molar-refractivity contribution is -0.145. The third kappa shape index (κ3) is 3.62. The highest BCUT2D eigenvalue weighted by atomic mass is 16.5. The van der Waals surface area contributed by atoms with E-state index in [1.807, 2.05) is 59.1 Å². The lowest BCUT2D eigenvalue weighted by Crippen LogP contribution is -2.43. The maximum absolute atomic E-state index is 13.0. The molecule has 0 aliphatic carbocycles. The topological polar surface area (TPSA) is 47.4 Å². The fraction of sp³-hybridized carbons (Fsp3) is 0.444. The van der Waals surface area contributed by atoms with Crippen LogP contribution in [-0.2, 0) is 9.53 Å². The number of carbonyl (C=O) groups excluding carboxylic acids is 1. The number of aromatic nitrogens is 2. The Balaban J connectivity index is 1.74. The molecule has 1 aliphatic rings. The SMILES string of the molecule is CCOC(C(=O)N1CCCC(n2cccn2)C1)c1ccccc1. The molecule has 0 N–H and O–H groups in total. The van der Waals surface area contributed by atoms with E-state index in [2.05, 4.69) is 5.10 Å². The number of ether oxygens (including phenoxy) is 1. The minimum absolute atomic E-state index is 0.0508. The monoisotopic (exact) mass is 313 g/mol. The summed E-state index contributed by atoms with van der Waals surface area (Å²) in [5, 5.41) is 4.32. The highest BCUT2D eigenvalue weighted by Gasteiger charge is 2.31. The number of piperidine rings is 1. The van der Waals surface area contributed by atoms with E-state index < -0.39 is 6.10 Å². The van der Waals surface area contributed by atoms with E-state index in [0.29, 0.717) is 13.2 Å². The Bertz CT molecular complexity index is 612. The van der Waals surface area contributed by atoms with Crippen molar-refractivity contribution in [2.24, 2.45) is 0 Å². The van der Waals surface area contributed by atoms with E-state index >= 15 is 0 Å². The van der Waals surface area contributed by atoms with Gasteiger partial charge in [0.2, 0.25) is 0 Å². The van der Waals surface area contributed by atoms with Gasteiger partial charge in [0.1, 0.15) is 0 Å². The van der Waals surface area contributed by atoms with Crippen LogP contribution in [0, 0.1) is 0 Å². The van der Waals surface area contributed by atoms with Gasteiger partial charge in [0.05, 0.1) is 6.04 Å². The van der Waals surface area contributed by atoms with Gasteiger partial charge in [-0.15, -0.1) is 0 Å². The highest BCUT2D eigenvalue weighted by Crippen LogP contribution is 2.26. The molecule has 0 saturated carbocycles. The van der Waals surface area contributed by atoms with Crippen LogP contribution < -0.4 is 0 Å². The Kier molecular flexibility index (Phi) is 5.08. The van der Waals surface area contributed by atoms with Crippen LogP contribution in [0.5, 0.6) is 0 Å². The number of nitrogens with zero attached hydrogens (tertiary/aromatic N) is 3. The first-order valence-electron chi connectivity index (χ1n) is 8.24. The van der Waals surface area contributed by atoms with Gasteiger partial charge in [-0.2, -0.15) is 5.10 Å². The van der Waals surface area contributed by atoms with Crippen molar-refractivity contribution in [2.45, 2.75) is 31.9 Å². The van der Waals surface area contributed by atoms with Crippen molar-refractivity contribution >= 4 is 5.91 Å². The lowest BCUT2D eigenvalue weighted by atomic mass is 10.0. The molecule has 5 heteroatoms. The first kappa shape index (κ1) is 15.7. The van der Waals surface area contributed by atoms with Crippen molar-refractivity contribution in [3.05, 3.63) is 54.4 Å². The maximum atomic E-state index is 13.0. The van der Waals surface area contributed by atoms with Crippen LogP contribution in [0.1, 0.15) is 37.5 Å². The van der Waals surface area contributed by atoms with Gasteiger partial charge < -0.3 is 9.64 Å². The first-order valence-corrected chi connectivity index (χ1v) is 8.24. The van der Waals surface area contributed by atoms with Crippen LogP contribution in [0.3, 0.4) is 0 Å². The summed E-state index contributed by atoms with van der Waals surface area (Å²) in [6.07, 6.45) is 5.28. The number of amides is 1. The number of likely N-dealkylation sites (tertiary alicyclic amines) is 1. The Labute approximate surface area is 136 Å². The van der Waals surface area contributed by atoms with Gasteiger partial charge in [0, 0.05) is 32.1 Å². The second-order valence-corrected chi connectivity index (χ2v) is 5.81. The summed E-state index contributed by atoms with van der Waals surface area (Å²) in [5.41, 5.74) is 0.917. The van der Waals surface area contributed by atoms with Crippen molar-refractivity contribution < 1.29 is 9.53 Å². The van der Waals surface area contributed by atoms with Crippen molar-refractivity contribution in [1.29, 1.82) is 0 Å². The summed E-state index contributed by atoms with van der Waals surface area (Å²) < 4.78 is 7.71. The van der Waals surface area contributed by atoms with Crippen LogP contribution in [0.2, 0.25) is 0 Å². The second kappa shape index (κ2) is 7.42. The third-order valence-corrected chi connectivity index (χ3v) is 4.27. The Morgan fingerprint density at radius 1 is 1.35 bits per heavy atom. The second-order valence-electron chi connectivity index (χ2n) is 5.81. The van der Waals surface area contributed by atoms with Gasteiger partial charge in [0.25, 0.3) is 5.91 Å². The summed E-state index contributed by atoms with van der Waals surface area (Å²) >= 11 is 0. The summed E-state index contributed by atoms with van der Waals surface area (Å²) in [6.45, 7) is 3.91. The van der Waals surface area contributed by atoms with Gasteiger partial charge in [-0.25, -0.2) is 0 Å². The van der Waals surface area contributed by atoms with Gasteiger partial charge in [-0.3, -0.25) is 9.48 Å². The molecule has 1 aromatic heterocycles. The van der Waals surface area contributed by atoms with E-state index in [9.17, 15) is 4.79 Å². The minimum Gasteiger partial charge on any atom is -0.364 e. The van der Waals surface area contributed by atoms with Gasteiger partial charge in [-0.05, 0) is 31.4 Å². The molecule has 23 heavy (non-hydrogen) atoms. The molecule has 2 unspecified atom stereocenters. The van der Waals surface area contributed by atoms with Crippen molar-refractivity contribution in [3.8, 4) is 0 Å². The molecule has 1 fully saturated rings. The molecule has 122 valence electrons. The molecule has 1 aliphatic heterocycles. The van der Waals surface area contributed by atoms with E-state index in [0.717, 1.165) is 24.9 Å². The number of hydrogen-bond acceptors (Lipinski definition) is 3. The van der Waals surface area contributed by atoms with Crippen molar-refractivity contribution in [2.75, 3.05) is 19.7 Å². The van der Waals surface area contributed by atoms with Crippen molar-refractivity contribution in [1.82, 2.24) is 14.7 Å². The van der Waals surface area contributed by atoms with Crippen LogP contribution >= 0.6 is 0 Å². The summed E-state index contributed by atoms with van der Waals surface area (Å²) in [7, 11) is 0. The molecule has 0 spiro atoms. The zero-order chi connectivity index (χ0) is 16.1. The molecule has 3 rings (SSSR count). The van der Waals surface area contributed by atoms with Crippen LogP contribution in [0.4, 0.5) is 0 Å². The van der Waals surface area contributed by atoms with Crippen LogP contribution in [-0.4, -0.2) is 40.3 Å². The number of rotatable bonds is 5. The Hall–Kier alpha value is -2.14. The molecule has 2 heterocycles. The molecule has 1 aromatic carbocycles. The number of hydrogen-bond donors (Lipinski definition) is 0. The van der Waals surface area contributed by atoms with Crippen molar-refractivity contribution in [3.63, 3.8) is 0 Å². The molecular weight excluding hydrogens is 290 g/mol. The van der Waals surface area contributed by atoms with E-state index in [4.69, 9.17) is 4.74 Å². The summed E-state index contributed by atoms with van der Waals surface area (Å²) in [6, 6.07) is 11.9. The Morgan fingerprint density at radius 2 is 2.17 bits per heavy atom. The molecule has 2 atom stereocenters. The van der Waals surface area contributed by atoms with Crippen LogP contribution in [0.25, 0.3) is 0 Å². The number of carbonyl (C=O) groups is 1. The lowest BCUT2D eigenvalue weighted by Gasteiger charge is -2.35. The molecule has 1 saturated heterocycles. The van der Waals surface area contributed by atoms with E-state index in [-0.39, 0.29) is 11.9 Å². The number of benzene rings is 1. The third-order valence-electron chi connectivity index (χ3n) is 4.27. The average Bonchev–Trinajstić information content (AvgIpc) is 3.15. The smallest absolute Gasteiger partial charge is 0.256 e. The Morgan fingerprint density at radius 3 is 2.87 bits per heavy atom. The summed E-state index contributed by atoms with van der Waals surface area (Å²) in [5.74, 6) is 0.0508.